The molecule has 0 spiro atoms. The molecular weight excluding hydrogens is 827 g/mol. The highest BCUT2D eigenvalue weighted by molar-refractivity contribution is 6.13. The van der Waals surface area contributed by atoms with E-state index in [-0.39, 0.29) is 0 Å². The summed E-state index contributed by atoms with van der Waals surface area (Å²) in [5, 5.41) is 20.6. The Hall–Kier alpha value is -9.19. The summed E-state index contributed by atoms with van der Waals surface area (Å²) in [5.74, 6) is 0. The Labute approximate surface area is 393 Å². The van der Waals surface area contributed by atoms with Crippen LogP contribution in [-0.2, 0) is 0 Å². The fourth-order valence-electron chi connectivity index (χ4n) is 10.4. The van der Waals surface area contributed by atoms with E-state index in [1.165, 1.54) is 43.4 Å². The van der Waals surface area contributed by atoms with Gasteiger partial charge < -0.3 is 24.4 Å². The second-order valence-corrected chi connectivity index (χ2v) is 17.4. The second-order valence-electron chi connectivity index (χ2n) is 17.4. The van der Waals surface area contributed by atoms with Crippen LogP contribution in [0.2, 0.25) is 0 Å². The van der Waals surface area contributed by atoms with Gasteiger partial charge in [-0.3, -0.25) is 0 Å². The first-order valence-electron chi connectivity index (χ1n) is 23.1. The third kappa shape index (κ3) is 6.51. The van der Waals surface area contributed by atoms with E-state index in [9.17, 15) is 5.41 Å². The average molecular weight is 870 g/mol. The number of allylic oxidation sites excluding steroid dienone is 1. The summed E-state index contributed by atoms with van der Waals surface area (Å²) in [6, 6.07) is 86.2. The normalized spacial score (nSPS) is 12.0. The highest BCUT2D eigenvalue weighted by atomic mass is 15.0. The van der Waals surface area contributed by atoms with Crippen molar-refractivity contribution >= 4 is 82.5 Å². The maximum atomic E-state index is 9.38. The largest absolute Gasteiger partial charge is 0.355 e. The van der Waals surface area contributed by atoms with Crippen molar-refractivity contribution in [3.8, 4) is 28.2 Å². The monoisotopic (exact) mass is 869 g/mol. The highest BCUT2D eigenvalue weighted by Crippen LogP contribution is 2.38. The molecule has 13 aromatic rings. The van der Waals surface area contributed by atoms with Gasteiger partial charge in [0.15, 0.2) is 0 Å². The van der Waals surface area contributed by atoms with Gasteiger partial charge in [-0.15, -0.1) is 0 Å². The summed E-state index contributed by atoms with van der Waals surface area (Å²) in [7, 11) is 0. The van der Waals surface area contributed by atoms with Gasteiger partial charge in [0.2, 0.25) is 0 Å². The van der Waals surface area contributed by atoms with Crippen LogP contribution in [0.4, 0.5) is 5.69 Å². The van der Waals surface area contributed by atoms with Crippen molar-refractivity contribution in [3.63, 3.8) is 0 Å². The van der Waals surface area contributed by atoms with Crippen LogP contribution in [0.15, 0.2) is 249 Å². The molecule has 0 radical (unpaired) electrons. The summed E-state index contributed by atoms with van der Waals surface area (Å²) in [4.78, 5) is 0. The molecule has 68 heavy (non-hydrogen) atoms. The lowest BCUT2D eigenvalue weighted by atomic mass is 10.0. The number of fused-ring (bicyclic) bond motifs is 9. The average Bonchev–Trinajstić information content (AvgIpc) is 4.05. The minimum atomic E-state index is 0.416. The van der Waals surface area contributed by atoms with E-state index in [1.54, 1.807) is 0 Å². The van der Waals surface area contributed by atoms with Crippen LogP contribution in [0.3, 0.4) is 0 Å². The topological polar surface area (TPSA) is 50.7 Å². The van der Waals surface area contributed by atoms with Crippen molar-refractivity contribution in [3.05, 3.63) is 260 Å². The van der Waals surface area contributed by atoms with Crippen LogP contribution in [0.25, 0.3) is 99.3 Å². The Morgan fingerprint density at radius 3 is 1.06 bits per heavy atom. The van der Waals surface area contributed by atoms with Crippen LogP contribution >= 0.6 is 0 Å². The summed E-state index contributed by atoms with van der Waals surface area (Å²) < 4.78 is 7.11. The van der Waals surface area contributed by atoms with Gasteiger partial charge in [0.25, 0.3) is 0 Å². The smallest absolute Gasteiger partial charge is 0.0633 e. The van der Waals surface area contributed by atoms with Gasteiger partial charge in [0, 0.05) is 49.4 Å². The maximum absolute atomic E-state index is 9.38. The Morgan fingerprint density at radius 1 is 0.324 bits per heavy atom. The Morgan fingerprint density at radius 2 is 0.662 bits per heavy atom. The van der Waals surface area contributed by atoms with E-state index in [0.29, 0.717) is 5.71 Å². The van der Waals surface area contributed by atoms with Crippen LogP contribution in [-0.4, -0.2) is 19.4 Å². The predicted octanol–water partition coefficient (Wildman–Crippen LogP) is 16.2. The zero-order valence-corrected chi connectivity index (χ0v) is 37.0. The third-order valence-corrected chi connectivity index (χ3v) is 13.5. The molecule has 0 bridgehead atoms. The molecule has 0 saturated carbocycles. The zero-order chi connectivity index (χ0) is 45.1. The molecule has 0 aliphatic carbocycles. The lowest BCUT2D eigenvalue weighted by molar-refractivity contribution is 1.13. The molecule has 3 aromatic heterocycles. The fourth-order valence-corrected chi connectivity index (χ4v) is 10.4. The lowest BCUT2D eigenvalue weighted by Gasteiger charge is -2.18. The van der Waals surface area contributed by atoms with E-state index in [0.717, 1.165) is 72.8 Å². The van der Waals surface area contributed by atoms with Gasteiger partial charge in [-0.25, -0.2) is 0 Å². The van der Waals surface area contributed by atoms with Gasteiger partial charge >= 0.3 is 0 Å². The standard InChI is InChI=1S/C63H43N5/c64-56(44-16-2-1-3-17-44)41-57(45-32-30-42(31-33-45)43-34-36-47(37-35-43)66-58-24-10-4-18-50(58)51-19-5-11-25-59(51)66)65-46-38-48(67-60-26-12-6-20-52(60)53-21-7-13-27-61(53)67)40-49(39-46)68-62-28-14-8-22-54(62)55-23-9-15-29-63(55)68/h1-41,64-65H/b57-41-,64-56?. The van der Waals surface area contributed by atoms with E-state index in [4.69, 9.17) is 0 Å². The minimum Gasteiger partial charge on any atom is -0.355 e. The van der Waals surface area contributed by atoms with Crippen molar-refractivity contribution in [1.29, 1.82) is 5.41 Å². The van der Waals surface area contributed by atoms with Crippen LogP contribution < -0.4 is 5.32 Å². The number of nitrogens with one attached hydrogen (secondary N) is 2. The summed E-state index contributed by atoms with van der Waals surface area (Å²) in [5.41, 5.74) is 16.3. The molecule has 13 rings (SSSR count). The van der Waals surface area contributed by atoms with Gasteiger partial charge in [0.05, 0.1) is 50.2 Å². The molecule has 0 saturated heterocycles. The highest BCUT2D eigenvalue weighted by Gasteiger charge is 2.18. The van der Waals surface area contributed by atoms with E-state index >= 15 is 0 Å². The van der Waals surface area contributed by atoms with Gasteiger partial charge in [-0.2, -0.15) is 0 Å². The molecule has 0 fully saturated rings. The molecule has 5 nitrogen and oxygen atoms in total. The number of rotatable bonds is 9. The Balaban J connectivity index is 0.940. The van der Waals surface area contributed by atoms with Gasteiger partial charge in [-0.05, 0) is 95.1 Å². The van der Waals surface area contributed by atoms with Crippen LogP contribution in [0.1, 0.15) is 11.1 Å². The summed E-state index contributed by atoms with van der Waals surface area (Å²) in [6.45, 7) is 0. The van der Waals surface area contributed by atoms with Crippen molar-refractivity contribution in [2.45, 2.75) is 0 Å². The number of nitrogens with zero attached hydrogens (tertiary/aromatic N) is 3. The SMILES string of the molecule is N=C(/C=C(\Nc1cc(-n2c3ccccc3c3ccccc32)cc(-n2c3ccccc3c3ccccc32)c1)c1ccc(-c2ccc(-n3c4ccccc4c4ccccc43)cc2)cc1)c1ccccc1. The van der Waals surface area contributed by atoms with Crippen molar-refractivity contribution in [2.75, 3.05) is 5.32 Å². The molecule has 0 unspecified atom stereocenters. The first kappa shape index (κ1) is 39.2. The second kappa shape index (κ2) is 16.1. The molecule has 0 atom stereocenters. The predicted molar refractivity (Wildman–Crippen MR) is 286 cm³/mol. The van der Waals surface area contributed by atoms with Gasteiger partial charge in [-0.1, -0.05) is 176 Å². The van der Waals surface area contributed by atoms with Crippen molar-refractivity contribution in [1.82, 2.24) is 13.7 Å². The maximum Gasteiger partial charge on any atom is 0.0633 e. The lowest BCUT2D eigenvalue weighted by Crippen LogP contribution is -2.06. The molecule has 0 amide bonds. The third-order valence-electron chi connectivity index (χ3n) is 13.5. The van der Waals surface area contributed by atoms with Crippen molar-refractivity contribution < 1.29 is 0 Å². The molecule has 0 aliphatic heterocycles. The van der Waals surface area contributed by atoms with Crippen LogP contribution in [0.5, 0.6) is 0 Å². The molecule has 0 aliphatic rings. The molecule has 5 heteroatoms. The number of anilines is 1. The first-order chi connectivity index (χ1) is 33.6. The van der Waals surface area contributed by atoms with Crippen molar-refractivity contribution in [2.24, 2.45) is 0 Å². The molecular formula is C63H43N5. The first-order valence-corrected chi connectivity index (χ1v) is 23.1. The number of hydrogen-bond donors (Lipinski definition) is 2. The quantitative estimate of drug-likeness (QED) is 0.140. The molecule has 10 aromatic carbocycles. The fraction of sp³-hybridized carbons (Fsp3) is 0. The Bertz CT molecular complexity index is 3820. The zero-order valence-electron chi connectivity index (χ0n) is 37.0. The van der Waals surface area contributed by atoms with E-state index in [2.05, 4.69) is 231 Å². The number of aromatic nitrogens is 3. The molecule has 3 heterocycles. The number of benzene rings is 10. The van der Waals surface area contributed by atoms with Gasteiger partial charge in [0.1, 0.15) is 0 Å². The minimum absolute atomic E-state index is 0.416. The van der Waals surface area contributed by atoms with E-state index in [1.807, 2.05) is 36.4 Å². The number of hydrogen-bond acceptors (Lipinski definition) is 2. The summed E-state index contributed by atoms with van der Waals surface area (Å²) in [6.07, 6.45) is 1.96. The number of para-hydroxylation sites is 6. The van der Waals surface area contributed by atoms with E-state index < -0.39 is 0 Å². The molecule has 2 N–H and O–H groups in total. The summed E-state index contributed by atoms with van der Waals surface area (Å²) >= 11 is 0. The Kier molecular flexibility index (Phi) is 9.25. The van der Waals surface area contributed by atoms with Crippen LogP contribution in [0, 0.1) is 5.41 Å². The molecule has 320 valence electrons.